The van der Waals surface area contributed by atoms with Gasteiger partial charge in [-0.2, -0.15) is 0 Å². The highest BCUT2D eigenvalue weighted by molar-refractivity contribution is 8.00. The fourth-order valence-electron chi connectivity index (χ4n) is 2.05. The maximum Gasteiger partial charge on any atom is 0.169 e. The number of hydrogen-bond donors (Lipinski definition) is 1. The van der Waals surface area contributed by atoms with Crippen molar-refractivity contribution < 1.29 is 4.74 Å². The summed E-state index contributed by atoms with van der Waals surface area (Å²) < 4.78 is 7.40. The molecular formula is C12H16N4OS. The normalized spacial score (nSPS) is 17.2. The lowest BCUT2D eigenvalue weighted by molar-refractivity contribution is 0.1000. The van der Waals surface area contributed by atoms with Gasteiger partial charge in [-0.05, 0) is 12.8 Å². The predicted octanol–water partition coefficient (Wildman–Crippen LogP) is 2.04. The lowest BCUT2D eigenvalue weighted by Crippen LogP contribution is -2.17. The van der Waals surface area contributed by atoms with Crippen molar-refractivity contribution in [3.63, 3.8) is 0 Å². The van der Waals surface area contributed by atoms with E-state index < -0.39 is 0 Å². The standard InChI is InChI=1S/C12H16N4OS/c1-13-10-8-16-5-4-14-11(16)12(15-10)18-9-2-6-17-7-3-9/h4-5,8-9,13H,2-3,6-7H2,1H3. The van der Waals surface area contributed by atoms with Crippen LogP contribution in [0.25, 0.3) is 5.65 Å². The van der Waals surface area contributed by atoms with Crippen LogP contribution in [0.15, 0.2) is 23.6 Å². The van der Waals surface area contributed by atoms with Gasteiger partial charge in [0.05, 0.1) is 6.20 Å². The van der Waals surface area contributed by atoms with E-state index in [0.717, 1.165) is 42.5 Å². The molecule has 18 heavy (non-hydrogen) atoms. The molecule has 96 valence electrons. The highest BCUT2D eigenvalue weighted by Crippen LogP contribution is 2.31. The summed E-state index contributed by atoms with van der Waals surface area (Å²) in [6, 6.07) is 0. The van der Waals surface area contributed by atoms with Gasteiger partial charge in [0.1, 0.15) is 10.8 Å². The average molecular weight is 264 g/mol. The van der Waals surface area contributed by atoms with Crippen molar-refractivity contribution in [2.75, 3.05) is 25.6 Å². The van der Waals surface area contributed by atoms with E-state index in [0.29, 0.717) is 5.25 Å². The Bertz CT molecular complexity index is 536. The number of fused-ring (bicyclic) bond motifs is 1. The third kappa shape index (κ3) is 2.30. The first kappa shape index (κ1) is 11.8. The summed E-state index contributed by atoms with van der Waals surface area (Å²) >= 11 is 1.81. The highest BCUT2D eigenvalue weighted by atomic mass is 32.2. The van der Waals surface area contributed by atoms with E-state index in [1.54, 1.807) is 0 Å². The van der Waals surface area contributed by atoms with Gasteiger partial charge in [0, 0.05) is 37.9 Å². The largest absolute Gasteiger partial charge is 0.381 e. The number of thioether (sulfide) groups is 1. The quantitative estimate of drug-likeness (QED) is 0.919. The zero-order valence-electron chi connectivity index (χ0n) is 10.3. The van der Waals surface area contributed by atoms with Gasteiger partial charge in [-0.15, -0.1) is 0 Å². The summed E-state index contributed by atoms with van der Waals surface area (Å²) in [6.45, 7) is 1.71. The summed E-state index contributed by atoms with van der Waals surface area (Å²) in [5, 5.41) is 4.67. The zero-order valence-corrected chi connectivity index (χ0v) is 11.1. The molecule has 3 heterocycles. The smallest absolute Gasteiger partial charge is 0.169 e. The third-order valence-corrected chi connectivity index (χ3v) is 4.35. The Hall–Kier alpha value is -1.27. The summed E-state index contributed by atoms with van der Waals surface area (Å²) in [4.78, 5) is 8.99. The number of rotatable bonds is 3. The molecule has 2 aromatic rings. The second-order valence-electron chi connectivity index (χ2n) is 4.27. The number of hydrogen-bond acceptors (Lipinski definition) is 5. The van der Waals surface area contributed by atoms with E-state index in [1.165, 1.54) is 0 Å². The van der Waals surface area contributed by atoms with Crippen molar-refractivity contribution in [3.05, 3.63) is 18.6 Å². The number of aromatic nitrogens is 3. The van der Waals surface area contributed by atoms with Gasteiger partial charge in [-0.1, -0.05) is 11.8 Å². The minimum absolute atomic E-state index is 0.582. The van der Waals surface area contributed by atoms with Gasteiger partial charge >= 0.3 is 0 Å². The van der Waals surface area contributed by atoms with Crippen molar-refractivity contribution >= 4 is 23.2 Å². The average Bonchev–Trinajstić information content (AvgIpc) is 2.88. The van der Waals surface area contributed by atoms with Gasteiger partial charge < -0.3 is 14.5 Å². The van der Waals surface area contributed by atoms with Crippen LogP contribution in [-0.2, 0) is 4.74 Å². The molecule has 0 aromatic carbocycles. The fourth-order valence-corrected chi connectivity index (χ4v) is 3.21. The van der Waals surface area contributed by atoms with Crippen LogP contribution < -0.4 is 5.32 Å². The molecule has 0 saturated carbocycles. The number of ether oxygens (including phenoxy) is 1. The molecule has 0 aliphatic carbocycles. The Labute approximate surface area is 110 Å². The van der Waals surface area contributed by atoms with Gasteiger partial charge in [-0.3, -0.25) is 0 Å². The van der Waals surface area contributed by atoms with Gasteiger partial charge in [-0.25, -0.2) is 9.97 Å². The van der Waals surface area contributed by atoms with Crippen LogP contribution in [0, 0.1) is 0 Å². The monoisotopic (exact) mass is 264 g/mol. The molecule has 0 bridgehead atoms. The Morgan fingerprint density at radius 3 is 3.06 bits per heavy atom. The van der Waals surface area contributed by atoms with Crippen LogP contribution in [0.3, 0.4) is 0 Å². The molecule has 3 rings (SSSR count). The van der Waals surface area contributed by atoms with Gasteiger partial charge in [0.25, 0.3) is 0 Å². The van der Waals surface area contributed by atoms with E-state index >= 15 is 0 Å². The number of nitrogens with one attached hydrogen (secondary N) is 1. The third-order valence-electron chi connectivity index (χ3n) is 3.05. The van der Waals surface area contributed by atoms with E-state index in [-0.39, 0.29) is 0 Å². The maximum atomic E-state index is 5.39. The molecular weight excluding hydrogens is 248 g/mol. The van der Waals surface area contributed by atoms with Crippen molar-refractivity contribution in [2.45, 2.75) is 23.1 Å². The number of imidazole rings is 1. The minimum Gasteiger partial charge on any atom is -0.381 e. The van der Waals surface area contributed by atoms with Crippen molar-refractivity contribution in [1.29, 1.82) is 0 Å². The Balaban J connectivity index is 1.91. The molecule has 1 N–H and O–H groups in total. The summed E-state index contributed by atoms with van der Waals surface area (Å²) in [7, 11) is 1.88. The van der Waals surface area contributed by atoms with Crippen LogP contribution in [0.1, 0.15) is 12.8 Å². The first-order chi connectivity index (χ1) is 8.86. The number of anilines is 1. The van der Waals surface area contributed by atoms with Crippen molar-refractivity contribution in [1.82, 2.24) is 14.4 Å². The molecule has 1 aliphatic rings. The number of nitrogens with zero attached hydrogens (tertiary/aromatic N) is 3. The topological polar surface area (TPSA) is 51.5 Å². The second kappa shape index (κ2) is 5.16. The van der Waals surface area contributed by atoms with Gasteiger partial charge in [0.2, 0.25) is 0 Å². The fraction of sp³-hybridized carbons (Fsp3) is 0.500. The Morgan fingerprint density at radius 2 is 2.28 bits per heavy atom. The molecule has 0 amide bonds. The van der Waals surface area contributed by atoms with Crippen LogP contribution in [0.2, 0.25) is 0 Å². The molecule has 0 atom stereocenters. The molecule has 1 aliphatic heterocycles. The molecule has 6 heteroatoms. The molecule has 0 spiro atoms. The minimum atomic E-state index is 0.582. The van der Waals surface area contributed by atoms with E-state index in [2.05, 4.69) is 15.3 Å². The molecule has 0 radical (unpaired) electrons. The van der Waals surface area contributed by atoms with Crippen molar-refractivity contribution in [2.24, 2.45) is 0 Å². The highest BCUT2D eigenvalue weighted by Gasteiger charge is 2.18. The SMILES string of the molecule is CNc1cn2ccnc2c(SC2CCOCC2)n1. The lowest BCUT2D eigenvalue weighted by Gasteiger charge is -2.21. The Kier molecular flexibility index (Phi) is 3.38. The molecule has 2 aromatic heterocycles. The summed E-state index contributed by atoms with van der Waals surface area (Å²) in [5.74, 6) is 0.870. The summed E-state index contributed by atoms with van der Waals surface area (Å²) in [6.07, 6.45) is 7.89. The molecule has 0 unspecified atom stereocenters. The zero-order chi connectivity index (χ0) is 12.4. The van der Waals surface area contributed by atoms with E-state index in [1.807, 2.05) is 41.8 Å². The summed E-state index contributed by atoms with van der Waals surface area (Å²) in [5.41, 5.74) is 0.936. The second-order valence-corrected chi connectivity index (χ2v) is 5.56. The first-order valence-corrected chi connectivity index (χ1v) is 7.00. The van der Waals surface area contributed by atoms with Crippen LogP contribution >= 0.6 is 11.8 Å². The van der Waals surface area contributed by atoms with Crippen LogP contribution in [0.5, 0.6) is 0 Å². The van der Waals surface area contributed by atoms with Crippen LogP contribution in [0.4, 0.5) is 5.82 Å². The van der Waals surface area contributed by atoms with Crippen molar-refractivity contribution in [3.8, 4) is 0 Å². The molecule has 5 nitrogen and oxygen atoms in total. The van der Waals surface area contributed by atoms with Crippen LogP contribution in [-0.4, -0.2) is 39.9 Å². The first-order valence-electron chi connectivity index (χ1n) is 6.12. The van der Waals surface area contributed by atoms with E-state index in [9.17, 15) is 0 Å². The van der Waals surface area contributed by atoms with E-state index in [4.69, 9.17) is 4.74 Å². The molecule has 1 saturated heterocycles. The predicted molar refractivity (Wildman–Crippen MR) is 72.2 cm³/mol. The molecule has 1 fully saturated rings. The Morgan fingerprint density at radius 1 is 1.44 bits per heavy atom. The lowest BCUT2D eigenvalue weighted by atomic mass is 10.2. The van der Waals surface area contributed by atoms with Gasteiger partial charge in [0.15, 0.2) is 5.65 Å². The maximum absolute atomic E-state index is 5.39.